The van der Waals surface area contributed by atoms with Gasteiger partial charge in [-0.3, -0.25) is 19.0 Å². The Morgan fingerprint density at radius 3 is 1.33 bits per heavy atom. The van der Waals surface area contributed by atoms with Gasteiger partial charge < -0.3 is 16.1 Å². The van der Waals surface area contributed by atoms with Gasteiger partial charge in [0.25, 0.3) is 0 Å². The second-order valence-electron chi connectivity index (χ2n) is 10.8. The van der Waals surface area contributed by atoms with E-state index in [2.05, 4.69) is 20.1 Å². The van der Waals surface area contributed by atoms with Crippen LogP contribution >= 0.6 is 0 Å². The molecule has 0 bridgehead atoms. The molecule has 0 saturated heterocycles. The van der Waals surface area contributed by atoms with Gasteiger partial charge in [-0.1, -0.05) is 72.8 Å². The van der Waals surface area contributed by atoms with Crippen LogP contribution in [0, 0.1) is 0 Å². The SMILES string of the molecule is CS(=O)(=O)Nc1cccc(C2NC(=O)Cc3ccccc32)c1.CS(=O)(=O)Nc1cccc(C2NC(=O)Cc3ccccc32)c1.O. The molecule has 0 fully saturated rings. The molecule has 2 atom stereocenters. The number of nitrogens with one attached hydrogen (secondary N) is 4. The Kier molecular flexibility index (Phi) is 9.96. The van der Waals surface area contributed by atoms with Crippen LogP contribution in [0.4, 0.5) is 11.4 Å². The number of anilines is 2. The van der Waals surface area contributed by atoms with Gasteiger partial charge in [-0.05, 0) is 57.6 Å². The smallest absolute Gasteiger partial charge is 0.229 e. The lowest BCUT2D eigenvalue weighted by molar-refractivity contribution is -0.122. The molecule has 0 aliphatic carbocycles. The van der Waals surface area contributed by atoms with Gasteiger partial charge in [0, 0.05) is 11.4 Å². The highest BCUT2D eigenvalue weighted by Crippen LogP contribution is 2.31. The topological polar surface area (TPSA) is 182 Å². The highest BCUT2D eigenvalue weighted by Gasteiger charge is 2.26. The predicted molar refractivity (Wildman–Crippen MR) is 174 cm³/mol. The summed E-state index contributed by atoms with van der Waals surface area (Å²) in [7, 11) is -6.67. The molecule has 2 heterocycles. The number of amides is 2. The molecule has 45 heavy (non-hydrogen) atoms. The Morgan fingerprint density at radius 1 is 0.578 bits per heavy atom. The monoisotopic (exact) mass is 650 g/mol. The minimum atomic E-state index is -3.33. The molecule has 4 aromatic carbocycles. The van der Waals surface area contributed by atoms with Gasteiger partial charge >= 0.3 is 0 Å². The quantitative estimate of drug-likeness (QED) is 0.249. The Labute approximate surface area is 262 Å². The Hall–Kier alpha value is -4.72. The van der Waals surface area contributed by atoms with Crippen LogP contribution in [0.3, 0.4) is 0 Å². The van der Waals surface area contributed by atoms with Gasteiger partial charge in [-0.25, -0.2) is 16.8 Å². The van der Waals surface area contributed by atoms with Crippen molar-refractivity contribution in [3.05, 3.63) is 130 Å². The van der Waals surface area contributed by atoms with Crippen LogP contribution in [0.2, 0.25) is 0 Å². The third kappa shape index (κ3) is 8.69. The van der Waals surface area contributed by atoms with Gasteiger partial charge in [0.15, 0.2) is 0 Å². The lowest BCUT2D eigenvalue weighted by Crippen LogP contribution is -2.35. The van der Waals surface area contributed by atoms with Crippen molar-refractivity contribution in [1.82, 2.24) is 10.6 Å². The van der Waals surface area contributed by atoms with Crippen molar-refractivity contribution in [2.45, 2.75) is 24.9 Å². The summed E-state index contributed by atoms with van der Waals surface area (Å²) in [5.41, 5.74) is 6.73. The van der Waals surface area contributed by atoms with E-state index < -0.39 is 20.0 Å². The molecule has 11 nitrogen and oxygen atoms in total. The van der Waals surface area contributed by atoms with Crippen LogP contribution in [0.1, 0.15) is 45.5 Å². The lowest BCUT2D eigenvalue weighted by atomic mass is 9.89. The Balaban J connectivity index is 0.000000200. The molecule has 0 aromatic heterocycles. The number of benzene rings is 4. The predicted octanol–water partition coefficient (Wildman–Crippen LogP) is 2.81. The number of carbonyl (C=O) groups excluding carboxylic acids is 2. The molecule has 6 rings (SSSR count). The van der Waals surface area contributed by atoms with E-state index in [1.54, 1.807) is 36.4 Å². The van der Waals surface area contributed by atoms with Gasteiger partial charge in [-0.2, -0.15) is 0 Å². The van der Waals surface area contributed by atoms with Gasteiger partial charge in [0.2, 0.25) is 31.9 Å². The molecular formula is C32H34N4O7S2. The van der Waals surface area contributed by atoms with E-state index >= 15 is 0 Å². The van der Waals surface area contributed by atoms with E-state index in [9.17, 15) is 26.4 Å². The van der Waals surface area contributed by atoms with Gasteiger partial charge in [0.1, 0.15) is 0 Å². The van der Waals surface area contributed by atoms with E-state index in [4.69, 9.17) is 0 Å². The fourth-order valence-corrected chi connectivity index (χ4v) is 6.51. The Morgan fingerprint density at radius 2 is 0.956 bits per heavy atom. The van der Waals surface area contributed by atoms with Crippen molar-refractivity contribution in [2.75, 3.05) is 22.0 Å². The zero-order chi connectivity index (χ0) is 31.5. The molecule has 13 heteroatoms. The number of hydrogen-bond donors (Lipinski definition) is 4. The van der Waals surface area contributed by atoms with Crippen LogP contribution < -0.4 is 20.1 Å². The fourth-order valence-electron chi connectivity index (χ4n) is 5.40. The maximum Gasteiger partial charge on any atom is 0.229 e. The summed E-state index contributed by atoms with van der Waals surface area (Å²) in [4.78, 5) is 23.8. The van der Waals surface area contributed by atoms with E-state index in [1.165, 1.54) is 0 Å². The van der Waals surface area contributed by atoms with Crippen molar-refractivity contribution in [2.24, 2.45) is 0 Å². The third-order valence-corrected chi connectivity index (χ3v) is 8.30. The van der Waals surface area contributed by atoms with Crippen LogP contribution in [0.25, 0.3) is 0 Å². The van der Waals surface area contributed by atoms with Crippen molar-refractivity contribution in [3.8, 4) is 0 Å². The normalized spacial score (nSPS) is 17.1. The summed E-state index contributed by atoms with van der Waals surface area (Å²) in [6, 6.07) is 29.2. The molecule has 4 aromatic rings. The second kappa shape index (κ2) is 13.5. The zero-order valence-electron chi connectivity index (χ0n) is 24.6. The first-order chi connectivity index (χ1) is 20.8. The number of rotatable bonds is 6. The molecule has 0 radical (unpaired) electrons. The van der Waals surface area contributed by atoms with E-state index in [0.717, 1.165) is 45.9 Å². The lowest BCUT2D eigenvalue weighted by Gasteiger charge is -2.27. The van der Waals surface area contributed by atoms with Crippen LogP contribution in [-0.2, 0) is 42.5 Å². The fraction of sp³-hybridized carbons (Fsp3) is 0.188. The number of carbonyl (C=O) groups is 2. The van der Waals surface area contributed by atoms with E-state index in [1.807, 2.05) is 60.7 Å². The molecule has 2 amide bonds. The molecule has 6 N–H and O–H groups in total. The molecule has 2 aliphatic rings. The summed E-state index contributed by atoms with van der Waals surface area (Å²) < 4.78 is 50.3. The summed E-state index contributed by atoms with van der Waals surface area (Å²) >= 11 is 0. The highest BCUT2D eigenvalue weighted by atomic mass is 32.2. The minimum Gasteiger partial charge on any atom is -0.412 e. The molecular weight excluding hydrogens is 617 g/mol. The van der Waals surface area contributed by atoms with E-state index in [0.29, 0.717) is 24.2 Å². The summed E-state index contributed by atoms with van der Waals surface area (Å²) in [5, 5.41) is 5.93. The van der Waals surface area contributed by atoms with Crippen LogP contribution in [0.15, 0.2) is 97.1 Å². The third-order valence-electron chi connectivity index (χ3n) is 7.09. The minimum absolute atomic E-state index is 0. The number of fused-ring (bicyclic) bond motifs is 2. The largest absolute Gasteiger partial charge is 0.412 e. The van der Waals surface area contributed by atoms with Crippen molar-refractivity contribution < 1.29 is 31.9 Å². The maximum atomic E-state index is 11.9. The van der Waals surface area contributed by atoms with Crippen LogP contribution in [0.5, 0.6) is 0 Å². The first kappa shape index (κ1) is 33.2. The standard InChI is InChI=1S/2C16H16N2O3S.H2O/c2*1-22(20,21)18-13-7-4-6-12(9-13)16-14-8-3-2-5-11(14)10-15(19)17-16;/h2*2-9,16,18H,10H2,1H3,(H,17,19);1H2. The zero-order valence-corrected chi connectivity index (χ0v) is 26.2. The summed E-state index contributed by atoms with van der Waals surface area (Å²) in [6.07, 6.45) is 2.95. The maximum absolute atomic E-state index is 11.9. The molecule has 2 unspecified atom stereocenters. The van der Waals surface area contributed by atoms with Crippen molar-refractivity contribution in [3.63, 3.8) is 0 Å². The summed E-state index contributed by atoms with van der Waals surface area (Å²) in [5.74, 6) is -0.0737. The number of hydrogen-bond acceptors (Lipinski definition) is 6. The highest BCUT2D eigenvalue weighted by molar-refractivity contribution is 7.92. The van der Waals surface area contributed by atoms with E-state index in [-0.39, 0.29) is 29.4 Å². The van der Waals surface area contributed by atoms with Crippen LogP contribution in [-0.4, -0.2) is 46.6 Å². The van der Waals surface area contributed by atoms with Crippen molar-refractivity contribution >= 4 is 43.2 Å². The average molecular weight is 651 g/mol. The molecule has 236 valence electrons. The molecule has 0 saturated carbocycles. The average Bonchev–Trinajstić information content (AvgIpc) is 2.95. The molecule has 0 spiro atoms. The van der Waals surface area contributed by atoms with Crippen molar-refractivity contribution in [1.29, 1.82) is 0 Å². The molecule has 2 aliphatic heterocycles. The van der Waals surface area contributed by atoms with Gasteiger partial charge in [-0.15, -0.1) is 0 Å². The second-order valence-corrected chi connectivity index (χ2v) is 14.2. The number of sulfonamides is 2. The van der Waals surface area contributed by atoms with Gasteiger partial charge in [0.05, 0.1) is 37.4 Å². The summed E-state index contributed by atoms with van der Waals surface area (Å²) in [6.45, 7) is 0. The first-order valence-electron chi connectivity index (χ1n) is 13.7. The first-order valence-corrected chi connectivity index (χ1v) is 17.5. The Bertz CT molecular complexity index is 1810.